The maximum atomic E-state index is 4.80. The number of imidazole rings is 1. The molecule has 4 aromatic heterocycles. The van der Waals surface area contributed by atoms with E-state index in [0.29, 0.717) is 0 Å². The van der Waals surface area contributed by atoms with Gasteiger partial charge in [-0.25, -0.2) is 18.7 Å². The first kappa shape index (κ1) is 16.5. The Morgan fingerprint density at radius 2 is 1.48 bits per heavy atom. The normalized spacial score (nSPS) is 12.4. The predicted molar refractivity (Wildman–Crippen MR) is 120 cm³/mol. The summed E-state index contributed by atoms with van der Waals surface area (Å²) in [6.45, 7) is 0.790. The van der Waals surface area contributed by atoms with Gasteiger partial charge in [-0.1, -0.05) is 36.4 Å². The number of hydrogen-bond donors (Lipinski definition) is 0. The highest BCUT2D eigenvalue weighted by molar-refractivity contribution is 6.05. The van der Waals surface area contributed by atoms with E-state index in [-0.39, 0.29) is 0 Å². The van der Waals surface area contributed by atoms with E-state index in [1.54, 1.807) is 0 Å². The Morgan fingerprint density at radius 3 is 2.26 bits per heavy atom. The second-order valence-corrected chi connectivity index (χ2v) is 7.83. The molecule has 0 fully saturated rings. The van der Waals surface area contributed by atoms with Crippen molar-refractivity contribution in [2.24, 2.45) is 0 Å². The molecule has 1 aliphatic heterocycles. The molecule has 5 heterocycles. The van der Waals surface area contributed by atoms with Gasteiger partial charge in [0.2, 0.25) is 11.5 Å². The van der Waals surface area contributed by atoms with Crippen LogP contribution in [0.25, 0.3) is 45.0 Å². The fourth-order valence-corrected chi connectivity index (χ4v) is 4.89. The maximum absolute atomic E-state index is 4.80. The first-order valence-electron chi connectivity index (χ1n) is 10.4. The summed E-state index contributed by atoms with van der Waals surface area (Å²) in [5, 5.41) is 1.14. The molecule has 0 bridgehead atoms. The molecule has 0 radical (unpaired) electrons. The van der Waals surface area contributed by atoms with E-state index in [2.05, 4.69) is 85.4 Å². The van der Waals surface area contributed by atoms with E-state index in [0.717, 1.165) is 34.6 Å². The van der Waals surface area contributed by atoms with Crippen molar-refractivity contribution in [1.29, 1.82) is 0 Å². The summed E-state index contributed by atoms with van der Waals surface area (Å²) in [5.41, 5.74) is 8.00. The van der Waals surface area contributed by atoms with Crippen molar-refractivity contribution in [3.8, 4) is 22.8 Å². The Hall–Kier alpha value is -4.25. The Balaban J connectivity index is 1.73. The fraction of sp³-hybridized carbons (Fsp3) is 0.0385. The third-order valence-electron chi connectivity index (χ3n) is 6.13. The largest absolute Gasteiger partial charge is 0.276 e. The first-order valence-corrected chi connectivity index (χ1v) is 10.4. The molecule has 0 N–H and O–H groups in total. The summed E-state index contributed by atoms with van der Waals surface area (Å²) in [7, 11) is 0. The minimum absolute atomic E-state index is 0.790. The summed E-state index contributed by atoms with van der Waals surface area (Å²) in [6, 6.07) is 27.4. The van der Waals surface area contributed by atoms with E-state index in [4.69, 9.17) is 4.98 Å². The Kier molecular flexibility index (Phi) is 3.27. The van der Waals surface area contributed by atoms with Gasteiger partial charge in [0.15, 0.2) is 5.52 Å². The summed E-state index contributed by atoms with van der Waals surface area (Å²) in [6.07, 6.45) is 5.74. The molecular weight excluding hydrogens is 382 g/mol. The molecule has 0 saturated heterocycles. The molecule has 6 aromatic rings. The van der Waals surface area contributed by atoms with Crippen molar-refractivity contribution < 1.29 is 4.57 Å². The van der Waals surface area contributed by atoms with Crippen LogP contribution in [0.3, 0.4) is 0 Å². The molecule has 0 aliphatic carbocycles. The van der Waals surface area contributed by atoms with Crippen molar-refractivity contribution in [2.75, 3.05) is 0 Å². The molecule has 0 unspecified atom stereocenters. The second kappa shape index (κ2) is 6.12. The highest BCUT2D eigenvalue weighted by Gasteiger charge is 2.38. The predicted octanol–water partition coefficient (Wildman–Crippen LogP) is 4.68. The minimum Gasteiger partial charge on any atom is -0.264 e. The van der Waals surface area contributed by atoms with Crippen LogP contribution in [0.4, 0.5) is 0 Å². The van der Waals surface area contributed by atoms with Crippen LogP contribution in [-0.4, -0.2) is 19.1 Å². The Morgan fingerprint density at radius 1 is 0.742 bits per heavy atom. The molecule has 146 valence electrons. The van der Waals surface area contributed by atoms with E-state index in [1.807, 2.05) is 30.7 Å². The molecule has 5 nitrogen and oxygen atoms in total. The second-order valence-electron chi connectivity index (χ2n) is 7.83. The Bertz CT molecular complexity index is 1590. The topological polar surface area (TPSA) is 39.5 Å². The van der Waals surface area contributed by atoms with E-state index >= 15 is 0 Å². The van der Waals surface area contributed by atoms with Gasteiger partial charge in [0, 0.05) is 24.2 Å². The summed E-state index contributed by atoms with van der Waals surface area (Å²) in [4.78, 5) is 9.18. The van der Waals surface area contributed by atoms with Gasteiger partial charge in [-0.15, -0.1) is 0 Å². The van der Waals surface area contributed by atoms with Gasteiger partial charge in [0.05, 0.1) is 17.5 Å². The molecule has 0 atom stereocenters. The van der Waals surface area contributed by atoms with Crippen molar-refractivity contribution >= 4 is 22.2 Å². The lowest BCUT2D eigenvalue weighted by molar-refractivity contribution is -0.648. The summed E-state index contributed by atoms with van der Waals surface area (Å²) in [5.74, 6) is 1.18. The molecule has 0 spiro atoms. The number of nitrogens with zero attached hydrogens (tertiary/aromatic N) is 5. The highest BCUT2D eigenvalue weighted by atomic mass is 15.3. The monoisotopic (exact) mass is 400 g/mol. The number of aromatic nitrogens is 5. The number of fused-ring (bicyclic) bond motifs is 7. The smallest absolute Gasteiger partial charge is 0.264 e. The standard InChI is InChI=1S/C26H18N5/c1-3-8-19(9-4-1)30-23-22-12-7-14-28-24(22)31(20-10-5-2-6-11-20)26(23)29-17-18-16-27-15-13-21(18)25(29)30/h1-16H,17H2/q+1. The van der Waals surface area contributed by atoms with Gasteiger partial charge in [-0.2, -0.15) is 0 Å². The van der Waals surface area contributed by atoms with Crippen LogP contribution in [0.15, 0.2) is 97.5 Å². The van der Waals surface area contributed by atoms with Crippen LogP contribution in [0, 0.1) is 0 Å². The van der Waals surface area contributed by atoms with Crippen LogP contribution in [0.5, 0.6) is 0 Å². The van der Waals surface area contributed by atoms with Gasteiger partial charge in [0.25, 0.3) is 5.65 Å². The molecule has 0 amide bonds. The number of para-hydroxylation sites is 2. The van der Waals surface area contributed by atoms with Gasteiger partial charge in [-0.05, 0) is 42.5 Å². The van der Waals surface area contributed by atoms with E-state index < -0.39 is 0 Å². The van der Waals surface area contributed by atoms with Gasteiger partial charge < -0.3 is 0 Å². The number of rotatable bonds is 2. The van der Waals surface area contributed by atoms with Crippen LogP contribution in [0.1, 0.15) is 5.56 Å². The first-order chi connectivity index (χ1) is 15.4. The van der Waals surface area contributed by atoms with Crippen molar-refractivity contribution in [2.45, 2.75) is 6.54 Å². The van der Waals surface area contributed by atoms with Crippen LogP contribution in [0.2, 0.25) is 0 Å². The molecular formula is C26H18N5+. The lowest BCUT2D eigenvalue weighted by Gasteiger charge is -2.04. The van der Waals surface area contributed by atoms with Crippen molar-refractivity contribution in [3.05, 3.63) is 103 Å². The zero-order valence-corrected chi connectivity index (χ0v) is 16.7. The summed E-state index contributed by atoms with van der Waals surface area (Å²) >= 11 is 0. The quantitative estimate of drug-likeness (QED) is 0.395. The van der Waals surface area contributed by atoms with Gasteiger partial charge >= 0.3 is 0 Å². The average Bonchev–Trinajstić information content (AvgIpc) is 3.47. The van der Waals surface area contributed by atoms with Crippen LogP contribution >= 0.6 is 0 Å². The molecule has 7 rings (SSSR count). The van der Waals surface area contributed by atoms with E-state index in [1.165, 1.54) is 22.5 Å². The third-order valence-corrected chi connectivity index (χ3v) is 6.13. The van der Waals surface area contributed by atoms with Crippen LogP contribution < -0.4 is 4.57 Å². The van der Waals surface area contributed by atoms with Crippen molar-refractivity contribution in [1.82, 2.24) is 19.1 Å². The zero-order valence-electron chi connectivity index (χ0n) is 16.7. The van der Waals surface area contributed by atoms with Gasteiger partial charge in [0.1, 0.15) is 11.4 Å². The molecule has 2 aromatic carbocycles. The lowest BCUT2D eigenvalue weighted by Crippen LogP contribution is -2.33. The third kappa shape index (κ3) is 2.17. The summed E-state index contributed by atoms with van der Waals surface area (Å²) < 4.78 is 7.07. The average molecular weight is 400 g/mol. The number of benzene rings is 2. The van der Waals surface area contributed by atoms with Gasteiger partial charge in [-0.3, -0.25) is 4.98 Å². The number of hydrogen-bond acceptors (Lipinski definition) is 2. The SMILES string of the molecule is c1ccc(-n2c3[n+](c4c2c2cccnc2n4-c2ccccc2)Cc2cnccc2-3)cc1. The van der Waals surface area contributed by atoms with E-state index in [9.17, 15) is 0 Å². The Labute approximate surface area is 178 Å². The molecule has 1 aliphatic rings. The number of pyridine rings is 2. The highest BCUT2D eigenvalue weighted by Crippen LogP contribution is 2.38. The van der Waals surface area contributed by atoms with Crippen molar-refractivity contribution in [3.63, 3.8) is 0 Å². The molecule has 5 heteroatoms. The lowest BCUT2D eigenvalue weighted by atomic mass is 10.1. The zero-order chi connectivity index (χ0) is 20.4. The minimum atomic E-state index is 0.790. The maximum Gasteiger partial charge on any atom is 0.276 e. The molecule has 31 heavy (non-hydrogen) atoms. The van der Waals surface area contributed by atoms with Crippen LogP contribution in [-0.2, 0) is 6.54 Å². The molecule has 0 saturated carbocycles. The fourth-order valence-electron chi connectivity index (χ4n) is 4.89.